The minimum Gasteiger partial charge on any atom is -0.452 e. The van der Waals surface area contributed by atoms with E-state index in [2.05, 4.69) is 10.3 Å². The van der Waals surface area contributed by atoms with Crippen molar-refractivity contribution in [1.29, 1.82) is 0 Å². The Morgan fingerprint density at radius 2 is 2.00 bits per heavy atom. The Kier molecular flexibility index (Phi) is 5.63. The molecule has 3 rings (SSSR count). The third-order valence-electron chi connectivity index (χ3n) is 4.14. The maximum atomic E-state index is 12.6. The normalized spacial score (nSPS) is 10.7. The molecule has 0 saturated heterocycles. The Balaban J connectivity index is 1.71. The number of hydrogen-bond donors (Lipinski definition) is 1. The molecule has 0 fully saturated rings. The van der Waals surface area contributed by atoms with Crippen molar-refractivity contribution in [2.45, 2.75) is 26.8 Å². The predicted octanol–water partition coefficient (Wildman–Crippen LogP) is 3.64. The second-order valence-electron chi connectivity index (χ2n) is 5.86. The summed E-state index contributed by atoms with van der Waals surface area (Å²) in [6.45, 7) is 3.96. The largest absolute Gasteiger partial charge is 0.452 e. The molecule has 2 heterocycles. The minimum absolute atomic E-state index is 0.306. The summed E-state index contributed by atoms with van der Waals surface area (Å²) in [5.41, 5.74) is 2.82. The van der Waals surface area contributed by atoms with E-state index in [0.717, 1.165) is 21.3 Å². The molecule has 0 spiro atoms. The van der Waals surface area contributed by atoms with Crippen LogP contribution in [0.2, 0.25) is 0 Å². The third kappa shape index (κ3) is 3.91. The first-order valence-electron chi connectivity index (χ1n) is 8.44. The molecule has 1 amide bonds. The van der Waals surface area contributed by atoms with Gasteiger partial charge in [-0.15, -0.1) is 11.3 Å². The van der Waals surface area contributed by atoms with E-state index in [0.29, 0.717) is 24.2 Å². The van der Waals surface area contributed by atoms with E-state index in [1.165, 1.54) is 0 Å². The first-order valence-corrected chi connectivity index (χ1v) is 9.32. The number of aromatic nitrogens is 1. The predicted molar refractivity (Wildman–Crippen MR) is 102 cm³/mol. The van der Waals surface area contributed by atoms with Crippen LogP contribution >= 0.6 is 11.3 Å². The summed E-state index contributed by atoms with van der Waals surface area (Å²) in [6, 6.07) is 11.6. The molecule has 3 aromatic rings. The van der Waals surface area contributed by atoms with Crippen molar-refractivity contribution in [3.63, 3.8) is 0 Å². The van der Waals surface area contributed by atoms with E-state index < -0.39 is 5.97 Å². The molecule has 26 heavy (non-hydrogen) atoms. The highest BCUT2D eigenvalue weighted by atomic mass is 32.1. The van der Waals surface area contributed by atoms with Crippen LogP contribution in [0.5, 0.6) is 0 Å². The Bertz CT molecular complexity index is 936. The number of nitrogens with zero attached hydrogens (tertiary/aromatic N) is 1. The van der Waals surface area contributed by atoms with E-state index in [9.17, 15) is 9.59 Å². The van der Waals surface area contributed by atoms with Crippen LogP contribution in [0.25, 0.3) is 10.9 Å². The van der Waals surface area contributed by atoms with Crippen molar-refractivity contribution in [3.05, 3.63) is 63.5 Å². The van der Waals surface area contributed by atoms with Gasteiger partial charge in [0, 0.05) is 10.3 Å². The highest BCUT2D eigenvalue weighted by molar-refractivity contribution is 7.09. The lowest BCUT2D eigenvalue weighted by molar-refractivity contribution is -0.124. The number of amides is 1. The number of aryl methyl sites for hydroxylation is 2. The first kappa shape index (κ1) is 18.1. The molecule has 6 heteroatoms. The lowest BCUT2D eigenvalue weighted by Gasteiger charge is -2.13. The van der Waals surface area contributed by atoms with Gasteiger partial charge in [0.2, 0.25) is 0 Å². The van der Waals surface area contributed by atoms with Gasteiger partial charge in [0.1, 0.15) is 0 Å². The van der Waals surface area contributed by atoms with Crippen molar-refractivity contribution in [1.82, 2.24) is 10.3 Å². The SMILES string of the molecule is CCc1nc2ccccc2c(C)c1C(=O)OCC(=O)NCc1cccs1. The van der Waals surface area contributed by atoms with Gasteiger partial charge < -0.3 is 10.1 Å². The van der Waals surface area contributed by atoms with Crippen molar-refractivity contribution < 1.29 is 14.3 Å². The molecule has 0 bridgehead atoms. The molecule has 0 radical (unpaired) electrons. The summed E-state index contributed by atoms with van der Waals surface area (Å²) in [5, 5.41) is 5.61. The Labute approximate surface area is 156 Å². The molecular weight excluding hydrogens is 348 g/mol. The molecule has 0 saturated carbocycles. The van der Waals surface area contributed by atoms with Crippen LogP contribution in [0.4, 0.5) is 0 Å². The number of thiophene rings is 1. The van der Waals surface area contributed by atoms with E-state index in [4.69, 9.17) is 4.74 Å². The van der Waals surface area contributed by atoms with Gasteiger partial charge in [0.05, 0.1) is 23.3 Å². The van der Waals surface area contributed by atoms with Crippen molar-refractivity contribution in [2.24, 2.45) is 0 Å². The van der Waals surface area contributed by atoms with Crippen LogP contribution < -0.4 is 5.32 Å². The highest BCUT2D eigenvalue weighted by Crippen LogP contribution is 2.24. The van der Waals surface area contributed by atoms with E-state index in [1.54, 1.807) is 11.3 Å². The van der Waals surface area contributed by atoms with Crippen molar-refractivity contribution >= 4 is 34.1 Å². The number of pyridine rings is 1. The summed E-state index contributed by atoms with van der Waals surface area (Å²) in [6.07, 6.45) is 0.612. The number of nitrogens with one attached hydrogen (secondary N) is 1. The molecule has 2 aromatic heterocycles. The van der Waals surface area contributed by atoms with Gasteiger partial charge in [-0.3, -0.25) is 9.78 Å². The number of benzene rings is 1. The Morgan fingerprint density at radius 3 is 2.73 bits per heavy atom. The number of rotatable bonds is 6. The monoisotopic (exact) mass is 368 g/mol. The van der Waals surface area contributed by atoms with E-state index in [-0.39, 0.29) is 12.5 Å². The maximum Gasteiger partial charge on any atom is 0.340 e. The fraction of sp³-hybridized carbons (Fsp3) is 0.250. The average molecular weight is 368 g/mol. The number of esters is 1. The number of para-hydroxylation sites is 1. The van der Waals surface area contributed by atoms with Crippen LogP contribution in [0.1, 0.15) is 33.4 Å². The zero-order valence-corrected chi connectivity index (χ0v) is 15.6. The topological polar surface area (TPSA) is 68.3 Å². The van der Waals surface area contributed by atoms with Gasteiger partial charge >= 0.3 is 5.97 Å². The number of carbonyl (C=O) groups excluding carboxylic acids is 2. The van der Waals surface area contributed by atoms with Crippen LogP contribution in [0.15, 0.2) is 41.8 Å². The van der Waals surface area contributed by atoms with Crippen LogP contribution in [-0.2, 0) is 22.5 Å². The number of carbonyl (C=O) groups is 2. The van der Waals surface area contributed by atoms with Gasteiger partial charge in [0.15, 0.2) is 6.61 Å². The third-order valence-corrected chi connectivity index (χ3v) is 5.02. The quantitative estimate of drug-likeness (QED) is 0.675. The van der Waals surface area contributed by atoms with E-state index in [1.807, 2.05) is 55.6 Å². The maximum absolute atomic E-state index is 12.6. The van der Waals surface area contributed by atoms with Gasteiger partial charge in [-0.1, -0.05) is 31.2 Å². The molecule has 1 N–H and O–H groups in total. The second kappa shape index (κ2) is 8.10. The fourth-order valence-corrected chi connectivity index (χ4v) is 3.47. The lowest BCUT2D eigenvalue weighted by atomic mass is 10.0. The molecule has 0 unspecified atom stereocenters. The summed E-state index contributed by atoms with van der Waals surface area (Å²) in [5.74, 6) is -0.833. The molecule has 0 atom stereocenters. The molecule has 0 aliphatic rings. The smallest absolute Gasteiger partial charge is 0.340 e. The Hall–Kier alpha value is -2.73. The van der Waals surface area contributed by atoms with Gasteiger partial charge in [-0.05, 0) is 36.4 Å². The first-order chi connectivity index (χ1) is 12.6. The molecule has 0 aliphatic heterocycles. The standard InChI is InChI=1S/C20H20N2O3S/c1-3-16-19(13(2)15-8-4-5-9-17(15)22-16)20(24)25-12-18(23)21-11-14-7-6-10-26-14/h4-10H,3,11-12H2,1-2H3,(H,21,23). The van der Waals surface area contributed by atoms with Crippen LogP contribution in [-0.4, -0.2) is 23.5 Å². The van der Waals surface area contributed by atoms with Crippen molar-refractivity contribution in [3.8, 4) is 0 Å². The average Bonchev–Trinajstić information content (AvgIpc) is 3.18. The molecule has 1 aromatic carbocycles. The minimum atomic E-state index is -0.510. The summed E-state index contributed by atoms with van der Waals surface area (Å²) >= 11 is 1.56. The van der Waals surface area contributed by atoms with Gasteiger partial charge in [-0.25, -0.2) is 4.79 Å². The summed E-state index contributed by atoms with van der Waals surface area (Å²) in [7, 11) is 0. The van der Waals surface area contributed by atoms with Crippen LogP contribution in [0.3, 0.4) is 0 Å². The number of ether oxygens (including phenoxy) is 1. The number of fused-ring (bicyclic) bond motifs is 1. The van der Waals surface area contributed by atoms with Gasteiger partial charge in [-0.2, -0.15) is 0 Å². The molecule has 5 nitrogen and oxygen atoms in total. The summed E-state index contributed by atoms with van der Waals surface area (Å²) in [4.78, 5) is 30.1. The zero-order chi connectivity index (χ0) is 18.5. The zero-order valence-electron chi connectivity index (χ0n) is 14.7. The van der Waals surface area contributed by atoms with Crippen LogP contribution in [0, 0.1) is 6.92 Å². The molecule has 0 aliphatic carbocycles. The molecular formula is C20H20N2O3S. The number of hydrogen-bond acceptors (Lipinski definition) is 5. The Morgan fingerprint density at radius 1 is 1.19 bits per heavy atom. The fourth-order valence-electron chi connectivity index (χ4n) is 2.82. The highest BCUT2D eigenvalue weighted by Gasteiger charge is 2.20. The molecule has 134 valence electrons. The van der Waals surface area contributed by atoms with E-state index >= 15 is 0 Å². The van der Waals surface area contributed by atoms with Gasteiger partial charge in [0.25, 0.3) is 5.91 Å². The summed E-state index contributed by atoms with van der Waals surface area (Å²) < 4.78 is 5.24. The lowest BCUT2D eigenvalue weighted by Crippen LogP contribution is -2.28. The van der Waals surface area contributed by atoms with Crippen molar-refractivity contribution in [2.75, 3.05) is 6.61 Å². The second-order valence-corrected chi connectivity index (χ2v) is 6.89.